The van der Waals surface area contributed by atoms with Gasteiger partial charge in [0.15, 0.2) is 5.75 Å². The highest BCUT2D eigenvalue weighted by atomic mass is 16.6. The number of carbonyl (C=O) groups excluding carboxylic acids is 1. The first-order valence-corrected chi connectivity index (χ1v) is 10.9. The number of rotatable bonds is 4. The summed E-state index contributed by atoms with van der Waals surface area (Å²) in [6, 6.07) is 15.8. The van der Waals surface area contributed by atoms with Crippen LogP contribution in [0.2, 0.25) is 0 Å². The minimum absolute atomic E-state index is 0.321. The number of fused-ring (bicyclic) bond motifs is 1. The van der Waals surface area contributed by atoms with Gasteiger partial charge in [0, 0.05) is 23.5 Å². The van der Waals surface area contributed by atoms with E-state index < -0.39 is 11.6 Å². The molecule has 0 N–H and O–H groups in total. The highest BCUT2D eigenvalue weighted by Gasteiger charge is 2.27. The minimum Gasteiger partial charge on any atom is -0.408 e. The van der Waals surface area contributed by atoms with Gasteiger partial charge in [0.1, 0.15) is 0 Å². The van der Waals surface area contributed by atoms with Crippen LogP contribution in [0.1, 0.15) is 51.4 Å². The molecule has 1 heterocycles. The molecule has 0 saturated carbocycles. The number of hydrogen-bond acceptors (Lipinski definition) is 4. The fourth-order valence-electron chi connectivity index (χ4n) is 3.44. The number of benzene rings is 2. The number of nitriles is 1. The summed E-state index contributed by atoms with van der Waals surface area (Å²) in [5, 5.41) is 10.3. The molecule has 3 rings (SSSR count). The third-order valence-electron chi connectivity index (χ3n) is 5.55. The number of nitrogens with zero attached hydrogens (tertiary/aromatic N) is 3. The predicted octanol–water partition coefficient (Wildman–Crippen LogP) is 6.51. The van der Waals surface area contributed by atoms with Crippen LogP contribution in [0.3, 0.4) is 0 Å². The Labute approximate surface area is 190 Å². The zero-order valence-electron chi connectivity index (χ0n) is 20.0. The van der Waals surface area contributed by atoms with Gasteiger partial charge in [-0.1, -0.05) is 43.7 Å². The van der Waals surface area contributed by atoms with Gasteiger partial charge < -0.3 is 9.64 Å². The average Bonchev–Trinajstić information content (AvgIpc) is 2.73. The first kappa shape index (κ1) is 23.3. The molecule has 2 aromatic carbocycles. The number of hydrogen-bond donors (Lipinski definition) is 0. The van der Waals surface area contributed by atoms with Crippen molar-refractivity contribution in [2.75, 3.05) is 7.05 Å². The standard InChI is InChI=1S/C27H31N3O2/c1-17(2)14-23-25(32-26(31)30(7)27(4,5)6)24(20-11-8-18(3)9-12-20)21-15-19(16-28)10-13-22(21)29-23/h8-13,15,17H,14H2,1-7H3. The third-order valence-corrected chi connectivity index (χ3v) is 5.55. The number of pyridine rings is 1. The molecule has 5 heteroatoms. The molecule has 0 unspecified atom stereocenters. The maximum absolute atomic E-state index is 13.1. The summed E-state index contributed by atoms with van der Waals surface area (Å²) < 4.78 is 6.07. The molecule has 0 aliphatic heterocycles. The van der Waals surface area contributed by atoms with Crippen molar-refractivity contribution in [2.24, 2.45) is 5.92 Å². The Morgan fingerprint density at radius 1 is 1.16 bits per heavy atom. The van der Waals surface area contributed by atoms with Gasteiger partial charge in [-0.25, -0.2) is 9.78 Å². The first-order valence-electron chi connectivity index (χ1n) is 10.9. The summed E-state index contributed by atoms with van der Waals surface area (Å²) >= 11 is 0. The van der Waals surface area contributed by atoms with Crippen molar-refractivity contribution in [3.63, 3.8) is 0 Å². The number of ether oxygens (including phenoxy) is 1. The molecule has 166 valence electrons. The van der Waals surface area contributed by atoms with Gasteiger partial charge in [0.2, 0.25) is 0 Å². The SMILES string of the molecule is Cc1ccc(-c2c(OC(=O)N(C)C(C)(C)C)c(CC(C)C)nc3ccc(C#N)cc23)cc1. The molecule has 0 atom stereocenters. The number of carbonyl (C=O) groups is 1. The minimum atomic E-state index is -0.437. The normalized spacial score (nSPS) is 11.5. The fraction of sp³-hybridized carbons (Fsp3) is 0.370. The largest absolute Gasteiger partial charge is 0.415 e. The van der Waals surface area contributed by atoms with Gasteiger partial charge in [-0.05, 0) is 63.8 Å². The molecule has 0 fully saturated rings. The summed E-state index contributed by atoms with van der Waals surface area (Å²) in [6.07, 6.45) is 0.227. The van der Waals surface area contributed by atoms with Crippen molar-refractivity contribution in [3.05, 3.63) is 59.3 Å². The van der Waals surface area contributed by atoms with E-state index in [9.17, 15) is 10.1 Å². The summed E-state index contributed by atoms with van der Waals surface area (Å²) in [4.78, 5) is 19.6. The van der Waals surface area contributed by atoms with E-state index in [1.54, 1.807) is 18.0 Å². The van der Waals surface area contributed by atoms with E-state index in [-0.39, 0.29) is 0 Å². The molecule has 5 nitrogen and oxygen atoms in total. The summed E-state index contributed by atoms with van der Waals surface area (Å²) in [5.74, 6) is 0.785. The number of aryl methyl sites for hydroxylation is 1. The summed E-state index contributed by atoms with van der Waals surface area (Å²) in [5.41, 5.74) is 4.51. The van der Waals surface area contributed by atoms with Crippen LogP contribution in [0, 0.1) is 24.2 Å². The lowest BCUT2D eigenvalue weighted by Gasteiger charge is -2.31. The molecule has 0 saturated heterocycles. The molecule has 1 aromatic heterocycles. The highest BCUT2D eigenvalue weighted by molar-refractivity contribution is 5.99. The summed E-state index contributed by atoms with van der Waals surface area (Å²) in [6.45, 7) is 12.1. The van der Waals surface area contributed by atoms with Gasteiger partial charge in [0.25, 0.3) is 0 Å². The van der Waals surface area contributed by atoms with Crippen LogP contribution in [0.5, 0.6) is 5.75 Å². The molecule has 0 radical (unpaired) electrons. The van der Waals surface area contributed by atoms with Gasteiger partial charge in [-0.2, -0.15) is 5.26 Å². The van der Waals surface area contributed by atoms with Crippen molar-refractivity contribution >= 4 is 17.0 Å². The molecule has 32 heavy (non-hydrogen) atoms. The Hall–Kier alpha value is -3.39. The van der Waals surface area contributed by atoms with E-state index in [0.29, 0.717) is 23.7 Å². The second-order valence-electron chi connectivity index (χ2n) is 9.67. The Morgan fingerprint density at radius 2 is 1.81 bits per heavy atom. The van der Waals surface area contributed by atoms with E-state index in [0.717, 1.165) is 33.3 Å². The van der Waals surface area contributed by atoms with Gasteiger partial charge in [-0.3, -0.25) is 0 Å². The van der Waals surface area contributed by atoms with Crippen molar-refractivity contribution in [1.82, 2.24) is 9.88 Å². The predicted molar refractivity (Wildman–Crippen MR) is 129 cm³/mol. The van der Waals surface area contributed by atoms with E-state index in [4.69, 9.17) is 9.72 Å². The van der Waals surface area contributed by atoms with E-state index in [2.05, 4.69) is 19.9 Å². The smallest absolute Gasteiger partial charge is 0.408 e. The summed E-state index contributed by atoms with van der Waals surface area (Å²) in [7, 11) is 1.73. The van der Waals surface area contributed by atoms with Crippen LogP contribution in [0.25, 0.3) is 22.0 Å². The Balaban J connectivity index is 2.34. The van der Waals surface area contributed by atoms with Crippen LogP contribution in [-0.4, -0.2) is 28.6 Å². The van der Waals surface area contributed by atoms with E-state index in [1.165, 1.54) is 0 Å². The molecular formula is C27H31N3O2. The molecule has 0 spiro atoms. The van der Waals surface area contributed by atoms with Gasteiger partial charge in [0.05, 0.1) is 22.8 Å². The van der Waals surface area contributed by atoms with Crippen LogP contribution >= 0.6 is 0 Å². The number of amides is 1. The maximum Gasteiger partial charge on any atom is 0.415 e. The molecule has 0 bridgehead atoms. The van der Waals surface area contributed by atoms with E-state index in [1.807, 2.05) is 64.1 Å². The molecule has 1 amide bonds. The van der Waals surface area contributed by atoms with Crippen LogP contribution < -0.4 is 4.74 Å². The lowest BCUT2D eigenvalue weighted by molar-refractivity contribution is 0.124. The lowest BCUT2D eigenvalue weighted by Crippen LogP contribution is -2.44. The monoisotopic (exact) mass is 429 g/mol. The van der Waals surface area contributed by atoms with Crippen LogP contribution in [0.4, 0.5) is 4.79 Å². The molecular weight excluding hydrogens is 398 g/mol. The highest BCUT2D eigenvalue weighted by Crippen LogP contribution is 2.40. The Bertz CT molecular complexity index is 1180. The zero-order valence-corrected chi connectivity index (χ0v) is 20.0. The third kappa shape index (κ3) is 4.91. The molecule has 0 aliphatic carbocycles. The van der Waals surface area contributed by atoms with Gasteiger partial charge in [-0.15, -0.1) is 0 Å². The van der Waals surface area contributed by atoms with Crippen molar-refractivity contribution in [3.8, 4) is 22.9 Å². The molecule has 3 aromatic rings. The number of aromatic nitrogens is 1. The first-order chi connectivity index (χ1) is 15.0. The molecule has 0 aliphatic rings. The Kier molecular flexibility index (Phi) is 6.55. The lowest BCUT2D eigenvalue weighted by atomic mass is 9.95. The second kappa shape index (κ2) is 9.00. The average molecular weight is 430 g/mol. The quantitative estimate of drug-likeness (QED) is 0.474. The Morgan fingerprint density at radius 3 is 2.38 bits per heavy atom. The van der Waals surface area contributed by atoms with Gasteiger partial charge >= 0.3 is 6.09 Å². The van der Waals surface area contributed by atoms with Crippen molar-refractivity contribution in [2.45, 2.75) is 53.5 Å². The topological polar surface area (TPSA) is 66.2 Å². The van der Waals surface area contributed by atoms with Crippen molar-refractivity contribution in [1.29, 1.82) is 5.26 Å². The van der Waals surface area contributed by atoms with Crippen LogP contribution in [0.15, 0.2) is 42.5 Å². The zero-order chi connectivity index (χ0) is 23.6. The van der Waals surface area contributed by atoms with E-state index >= 15 is 0 Å². The fourth-order valence-corrected chi connectivity index (χ4v) is 3.44. The maximum atomic E-state index is 13.1. The second-order valence-corrected chi connectivity index (χ2v) is 9.67. The van der Waals surface area contributed by atoms with Crippen molar-refractivity contribution < 1.29 is 9.53 Å². The van der Waals surface area contributed by atoms with Crippen LogP contribution in [-0.2, 0) is 6.42 Å².